The van der Waals surface area contributed by atoms with Gasteiger partial charge >= 0.3 is 0 Å². The molecular formula is C49H38N4. The second-order valence-electron chi connectivity index (χ2n) is 13.6. The van der Waals surface area contributed by atoms with Crippen molar-refractivity contribution in [1.29, 1.82) is 5.26 Å². The van der Waals surface area contributed by atoms with E-state index >= 15 is 0 Å². The molecule has 1 aliphatic carbocycles. The van der Waals surface area contributed by atoms with E-state index in [0.717, 1.165) is 59.4 Å². The largest absolute Gasteiger partial charge is 0.311 e. The van der Waals surface area contributed by atoms with Gasteiger partial charge < -0.3 is 4.90 Å². The highest BCUT2D eigenvalue weighted by atomic mass is 15.1. The summed E-state index contributed by atoms with van der Waals surface area (Å²) < 4.78 is 0. The smallest absolute Gasteiger partial charge is 0.221 e. The Bertz CT molecular complexity index is 2290. The van der Waals surface area contributed by atoms with Crippen molar-refractivity contribution in [3.8, 4) is 39.7 Å². The van der Waals surface area contributed by atoms with E-state index in [1.165, 1.54) is 17.5 Å². The molecule has 0 spiro atoms. The summed E-state index contributed by atoms with van der Waals surface area (Å²) in [6.07, 6.45) is 5.68. The molecule has 0 atom stereocenters. The monoisotopic (exact) mass is 682 g/mol. The number of nitrogens with zero attached hydrogens (tertiary/aromatic N) is 4. The van der Waals surface area contributed by atoms with Crippen LogP contribution in [0.3, 0.4) is 0 Å². The average Bonchev–Trinajstić information content (AvgIpc) is 3.25. The molecule has 1 saturated carbocycles. The Labute approximate surface area is 312 Å². The van der Waals surface area contributed by atoms with Crippen molar-refractivity contribution < 1.29 is 0 Å². The molecular weight excluding hydrogens is 645 g/mol. The van der Waals surface area contributed by atoms with E-state index in [0.29, 0.717) is 28.2 Å². The van der Waals surface area contributed by atoms with Gasteiger partial charge in [-0.15, -0.1) is 0 Å². The lowest BCUT2D eigenvalue weighted by atomic mass is 9.65. The molecule has 4 nitrogen and oxygen atoms in total. The lowest BCUT2D eigenvalue weighted by Crippen LogP contribution is -2.30. The summed E-state index contributed by atoms with van der Waals surface area (Å²) in [4.78, 5) is 11.3. The van der Waals surface area contributed by atoms with E-state index in [1.54, 1.807) is 0 Å². The molecule has 0 N–H and O–H groups in total. The van der Waals surface area contributed by atoms with E-state index in [2.05, 4.69) is 125 Å². The van der Waals surface area contributed by atoms with Crippen molar-refractivity contribution in [2.24, 2.45) is 0 Å². The lowest BCUT2D eigenvalue weighted by molar-refractivity contribution is 0.346. The Morgan fingerprint density at radius 3 is 1.47 bits per heavy atom. The second kappa shape index (κ2) is 14.8. The number of pyridine rings is 1. The molecule has 6 aromatic carbocycles. The van der Waals surface area contributed by atoms with E-state index < -0.39 is 0 Å². The fourth-order valence-corrected chi connectivity index (χ4v) is 8.06. The van der Waals surface area contributed by atoms with E-state index in [-0.39, 0.29) is 5.41 Å². The normalized spacial score (nSPS) is 13.4. The molecule has 254 valence electrons. The zero-order chi connectivity index (χ0) is 36.0. The first-order chi connectivity index (χ1) is 26.2. The van der Waals surface area contributed by atoms with Crippen LogP contribution in [-0.4, -0.2) is 4.98 Å². The van der Waals surface area contributed by atoms with Crippen molar-refractivity contribution in [3.05, 3.63) is 198 Å². The third kappa shape index (κ3) is 6.37. The Morgan fingerprint density at radius 1 is 0.528 bits per heavy atom. The molecule has 0 amide bonds. The number of para-hydroxylation sites is 2. The molecule has 0 bridgehead atoms. The van der Waals surface area contributed by atoms with Gasteiger partial charge in [0.15, 0.2) is 0 Å². The van der Waals surface area contributed by atoms with Gasteiger partial charge in [-0.2, -0.15) is 5.26 Å². The first-order valence-corrected chi connectivity index (χ1v) is 18.3. The van der Waals surface area contributed by atoms with E-state index in [4.69, 9.17) is 11.6 Å². The number of hydrogen-bond acceptors (Lipinski definition) is 3. The summed E-state index contributed by atoms with van der Waals surface area (Å²) in [6, 6.07) is 60.9. The van der Waals surface area contributed by atoms with Gasteiger partial charge in [-0.1, -0.05) is 153 Å². The number of benzene rings is 6. The van der Waals surface area contributed by atoms with Crippen LogP contribution >= 0.6 is 0 Å². The fraction of sp³-hybridized carbons (Fsp3) is 0.122. The highest BCUT2D eigenvalue weighted by Gasteiger charge is 2.36. The van der Waals surface area contributed by atoms with Crippen molar-refractivity contribution in [2.75, 3.05) is 4.90 Å². The summed E-state index contributed by atoms with van der Waals surface area (Å²) in [5.41, 5.74) is 10.9. The minimum absolute atomic E-state index is 0.136. The number of hydrogen-bond donors (Lipinski definition) is 0. The van der Waals surface area contributed by atoms with Gasteiger partial charge in [0, 0.05) is 33.6 Å². The molecule has 8 rings (SSSR count). The van der Waals surface area contributed by atoms with Crippen LogP contribution in [0, 0.1) is 17.9 Å². The van der Waals surface area contributed by atoms with Crippen LogP contribution in [0.4, 0.5) is 22.7 Å². The Hall–Kier alpha value is -6.75. The van der Waals surface area contributed by atoms with Crippen molar-refractivity contribution >= 4 is 22.7 Å². The molecule has 0 aliphatic heterocycles. The molecule has 0 saturated heterocycles. The quantitative estimate of drug-likeness (QED) is 0.150. The summed E-state index contributed by atoms with van der Waals surface area (Å²) in [5, 5.41) is 10.7. The number of aromatic nitrogens is 1. The molecule has 1 aromatic heterocycles. The predicted octanol–water partition coefficient (Wildman–Crippen LogP) is 13.2. The Balaban J connectivity index is 1.22. The van der Waals surface area contributed by atoms with Gasteiger partial charge in [-0.05, 0) is 71.5 Å². The minimum Gasteiger partial charge on any atom is -0.311 e. The third-order valence-corrected chi connectivity index (χ3v) is 10.6. The molecule has 1 fully saturated rings. The maximum atomic E-state index is 10.7. The second-order valence-corrected chi connectivity index (χ2v) is 13.6. The summed E-state index contributed by atoms with van der Waals surface area (Å²) in [7, 11) is 0. The van der Waals surface area contributed by atoms with Gasteiger partial charge in [0.1, 0.15) is 6.07 Å². The summed E-state index contributed by atoms with van der Waals surface area (Å²) in [5.74, 6) is 0. The molecule has 1 heterocycles. The molecule has 0 unspecified atom stereocenters. The van der Waals surface area contributed by atoms with Crippen LogP contribution < -0.4 is 4.90 Å². The zero-order valence-electron chi connectivity index (χ0n) is 29.5. The fourth-order valence-electron chi connectivity index (χ4n) is 8.06. The first kappa shape index (κ1) is 33.4. The molecule has 7 aromatic rings. The topological polar surface area (TPSA) is 44.3 Å². The van der Waals surface area contributed by atoms with Crippen LogP contribution in [0.5, 0.6) is 0 Å². The third-order valence-electron chi connectivity index (χ3n) is 10.6. The van der Waals surface area contributed by atoms with Crippen LogP contribution in [0.1, 0.15) is 48.8 Å². The number of anilines is 3. The van der Waals surface area contributed by atoms with Gasteiger partial charge in [0.05, 0.1) is 23.5 Å². The van der Waals surface area contributed by atoms with Crippen molar-refractivity contribution in [2.45, 2.75) is 37.5 Å². The summed E-state index contributed by atoms with van der Waals surface area (Å²) >= 11 is 0. The van der Waals surface area contributed by atoms with Gasteiger partial charge in [0.2, 0.25) is 5.69 Å². The van der Waals surface area contributed by atoms with Crippen molar-refractivity contribution in [3.63, 3.8) is 0 Å². The standard InChI is InChI=1S/C49H38N4/c1-51-48-45(44(35-50)46(37-17-7-2-8-18-37)52-47(48)38-19-9-3-10-20-38)36-25-27-39(28-26-36)49(33-15-6-16-34-49)40-29-31-43(32-30-40)53(41-21-11-4-12-22-41)42-23-13-5-14-24-42/h2-5,7-14,17-32H,6,15-16,33-34H2. The van der Waals surface area contributed by atoms with Crippen LogP contribution in [-0.2, 0) is 5.41 Å². The average molecular weight is 683 g/mol. The minimum atomic E-state index is -0.136. The maximum Gasteiger partial charge on any atom is 0.221 e. The lowest BCUT2D eigenvalue weighted by Gasteiger charge is -2.39. The van der Waals surface area contributed by atoms with E-state index in [9.17, 15) is 5.26 Å². The summed E-state index contributed by atoms with van der Waals surface area (Å²) in [6.45, 7) is 8.35. The van der Waals surface area contributed by atoms with Gasteiger partial charge in [-0.25, -0.2) is 4.85 Å². The maximum absolute atomic E-state index is 10.7. The van der Waals surface area contributed by atoms with Crippen LogP contribution in [0.25, 0.3) is 38.5 Å². The zero-order valence-corrected chi connectivity index (χ0v) is 29.5. The van der Waals surface area contributed by atoms with Crippen molar-refractivity contribution in [1.82, 2.24) is 4.98 Å². The van der Waals surface area contributed by atoms with Crippen LogP contribution in [0.15, 0.2) is 170 Å². The highest BCUT2D eigenvalue weighted by Crippen LogP contribution is 2.48. The molecule has 4 heteroatoms. The first-order valence-electron chi connectivity index (χ1n) is 18.3. The Morgan fingerprint density at radius 2 is 0.981 bits per heavy atom. The predicted molar refractivity (Wildman–Crippen MR) is 217 cm³/mol. The van der Waals surface area contributed by atoms with E-state index in [1.807, 2.05) is 60.7 Å². The molecule has 1 aliphatic rings. The Kier molecular flexibility index (Phi) is 9.36. The van der Waals surface area contributed by atoms with Gasteiger partial charge in [0.25, 0.3) is 0 Å². The molecule has 53 heavy (non-hydrogen) atoms. The number of nitriles is 1. The highest BCUT2D eigenvalue weighted by molar-refractivity contribution is 5.96. The SMILES string of the molecule is [C-]#[N+]c1c(-c2ccccc2)nc(-c2ccccc2)c(C#N)c1-c1ccc(C2(c3ccc(N(c4ccccc4)c4ccccc4)cc3)CCCCC2)cc1. The van der Waals surface area contributed by atoms with Crippen LogP contribution in [0.2, 0.25) is 0 Å². The van der Waals surface area contributed by atoms with Gasteiger partial charge in [-0.3, -0.25) is 4.98 Å². The number of rotatable bonds is 8. The molecule has 0 radical (unpaired) electrons.